The summed E-state index contributed by atoms with van der Waals surface area (Å²) in [4.78, 5) is 26.7. The van der Waals surface area contributed by atoms with Gasteiger partial charge in [-0.1, -0.05) is 12.1 Å². The summed E-state index contributed by atoms with van der Waals surface area (Å²) in [5.74, 6) is 0.562. The van der Waals surface area contributed by atoms with Crippen molar-refractivity contribution in [2.75, 3.05) is 19.0 Å². The van der Waals surface area contributed by atoms with E-state index in [2.05, 4.69) is 17.9 Å². The van der Waals surface area contributed by atoms with E-state index in [1.165, 1.54) is 0 Å². The highest BCUT2D eigenvalue weighted by Gasteiger charge is 2.25. The van der Waals surface area contributed by atoms with E-state index in [0.717, 1.165) is 12.8 Å². The number of benzene rings is 1. The number of amides is 2. The fourth-order valence-electron chi connectivity index (χ4n) is 2.58. The van der Waals surface area contributed by atoms with Gasteiger partial charge in [0.15, 0.2) is 0 Å². The normalized spacial score (nSPS) is 15.6. The SMILES string of the molecule is O=C(CCCCl)NC1CCN(C(=O)c2ccccc2S)CC1. The lowest BCUT2D eigenvalue weighted by Crippen LogP contribution is -2.46. The van der Waals surface area contributed by atoms with Crippen LogP contribution in [0.25, 0.3) is 0 Å². The third kappa shape index (κ3) is 4.65. The highest BCUT2D eigenvalue weighted by molar-refractivity contribution is 7.80. The van der Waals surface area contributed by atoms with Crippen molar-refractivity contribution in [2.24, 2.45) is 0 Å². The lowest BCUT2D eigenvalue weighted by molar-refractivity contribution is -0.122. The molecule has 22 heavy (non-hydrogen) atoms. The Morgan fingerprint density at radius 1 is 1.27 bits per heavy atom. The molecule has 0 radical (unpaired) electrons. The number of nitrogens with one attached hydrogen (secondary N) is 1. The number of alkyl halides is 1. The zero-order chi connectivity index (χ0) is 15.9. The molecule has 120 valence electrons. The van der Waals surface area contributed by atoms with Gasteiger partial charge in [-0.3, -0.25) is 9.59 Å². The van der Waals surface area contributed by atoms with Crippen molar-refractivity contribution < 1.29 is 9.59 Å². The van der Waals surface area contributed by atoms with Crippen LogP contribution in [0.2, 0.25) is 0 Å². The predicted molar refractivity (Wildman–Crippen MR) is 90.7 cm³/mol. The quantitative estimate of drug-likeness (QED) is 0.639. The summed E-state index contributed by atoms with van der Waals surface area (Å²) in [6.45, 7) is 1.31. The average molecular weight is 341 g/mol. The van der Waals surface area contributed by atoms with Gasteiger partial charge in [0, 0.05) is 36.3 Å². The summed E-state index contributed by atoms with van der Waals surface area (Å²) < 4.78 is 0. The smallest absolute Gasteiger partial charge is 0.254 e. The van der Waals surface area contributed by atoms with Crippen LogP contribution >= 0.6 is 24.2 Å². The molecule has 1 aliphatic heterocycles. The molecule has 1 heterocycles. The Morgan fingerprint density at radius 3 is 2.59 bits per heavy atom. The van der Waals surface area contributed by atoms with Gasteiger partial charge in [-0.05, 0) is 31.4 Å². The molecule has 0 aromatic heterocycles. The van der Waals surface area contributed by atoms with Gasteiger partial charge in [0.1, 0.15) is 0 Å². The number of hydrogen-bond donors (Lipinski definition) is 2. The highest BCUT2D eigenvalue weighted by atomic mass is 35.5. The molecule has 0 spiro atoms. The zero-order valence-electron chi connectivity index (χ0n) is 12.4. The van der Waals surface area contributed by atoms with E-state index in [-0.39, 0.29) is 17.9 Å². The number of thiol groups is 1. The van der Waals surface area contributed by atoms with Crippen LogP contribution in [0.4, 0.5) is 0 Å². The molecule has 1 aromatic rings. The molecule has 4 nitrogen and oxygen atoms in total. The van der Waals surface area contributed by atoms with Crippen molar-refractivity contribution in [1.29, 1.82) is 0 Å². The number of nitrogens with zero attached hydrogens (tertiary/aromatic N) is 1. The van der Waals surface area contributed by atoms with Crippen LogP contribution in [0.3, 0.4) is 0 Å². The number of carbonyl (C=O) groups excluding carboxylic acids is 2. The maximum atomic E-state index is 12.5. The van der Waals surface area contributed by atoms with Gasteiger partial charge in [-0.15, -0.1) is 24.2 Å². The van der Waals surface area contributed by atoms with Gasteiger partial charge < -0.3 is 10.2 Å². The average Bonchev–Trinajstić information content (AvgIpc) is 2.53. The van der Waals surface area contributed by atoms with Gasteiger partial charge in [0.05, 0.1) is 5.56 Å². The van der Waals surface area contributed by atoms with Gasteiger partial charge >= 0.3 is 0 Å². The summed E-state index contributed by atoms with van der Waals surface area (Å²) in [7, 11) is 0. The van der Waals surface area contributed by atoms with Crippen LogP contribution in [0.1, 0.15) is 36.0 Å². The Morgan fingerprint density at radius 2 is 1.95 bits per heavy atom. The molecule has 0 saturated carbocycles. The molecule has 1 N–H and O–H groups in total. The van der Waals surface area contributed by atoms with Crippen molar-refractivity contribution in [1.82, 2.24) is 10.2 Å². The number of piperidine rings is 1. The fourth-order valence-corrected chi connectivity index (χ4v) is 2.97. The van der Waals surface area contributed by atoms with Crippen molar-refractivity contribution >= 4 is 36.0 Å². The number of halogens is 1. The Bertz CT molecular complexity index is 531. The Kier molecular flexibility index (Phi) is 6.58. The van der Waals surface area contributed by atoms with Crippen LogP contribution in [-0.2, 0) is 4.79 Å². The summed E-state index contributed by atoms with van der Waals surface area (Å²) in [6.07, 6.45) is 2.74. The van der Waals surface area contributed by atoms with E-state index >= 15 is 0 Å². The number of likely N-dealkylation sites (tertiary alicyclic amines) is 1. The second-order valence-corrected chi connectivity index (χ2v) is 6.30. The molecule has 0 unspecified atom stereocenters. The topological polar surface area (TPSA) is 49.4 Å². The minimum absolute atomic E-state index is 0.0116. The van der Waals surface area contributed by atoms with E-state index in [0.29, 0.717) is 42.3 Å². The van der Waals surface area contributed by atoms with Gasteiger partial charge in [-0.25, -0.2) is 0 Å². The summed E-state index contributed by atoms with van der Waals surface area (Å²) >= 11 is 9.92. The lowest BCUT2D eigenvalue weighted by atomic mass is 10.0. The molecule has 2 amide bonds. The fraction of sp³-hybridized carbons (Fsp3) is 0.500. The molecule has 0 atom stereocenters. The first-order chi connectivity index (χ1) is 10.6. The monoisotopic (exact) mass is 340 g/mol. The first-order valence-electron chi connectivity index (χ1n) is 7.54. The molecule has 1 saturated heterocycles. The third-order valence-corrected chi connectivity index (χ3v) is 4.48. The van der Waals surface area contributed by atoms with E-state index in [1.807, 2.05) is 23.1 Å². The van der Waals surface area contributed by atoms with Crippen molar-refractivity contribution in [2.45, 2.75) is 36.6 Å². The minimum Gasteiger partial charge on any atom is -0.353 e. The minimum atomic E-state index is 0.0116. The molecule has 2 rings (SSSR count). The van der Waals surface area contributed by atoms with Crippen LogP contribution in [0.5, 0.6) is 0 Å². The number of hydrogen-bond acceptors (Lipinski definition) is 3. The predicted octanol–water partition coefficient (Wildman–Crippen LogP) is 2.72. The molecule has 1 aromatic carbocycles. The molecule has 0 aliphatic carbocycles. The van der Waals surface area contributed by atoms with Crippen LogP contribution in [0.15, 0.2) is 29.2 Å². The molecule has 1 aliphatic rings. The van der Waals surface area contributed by atoms with Gasteiger partial charge in [0.25, 0.3) is 5.91 Å². The van der Waals surface area contributed by atoms with Crippen molar-refractivity contribution in [3.63, 3.8) is 0 Å². The summed E-state index contributed by atoms with van der Waals surface area (Å²) in [6, 6.07) is 7.47. The maximum Gasteiger partial charge on any atom is 0.254 e. The number of rotatable bonds is 5. The van der Waals surface area contributed by atoms with E-state index < -0.39 is 0 Å². The van der Waals surface area contributed by atoms with Gasteiger partial charge in [0.2, 0.25) is 5.91 Å². The molecule has 0 bridgehead atoms. The molecule has 1 fully saturated rings. The third-order valence-electron chi connectivity index (χ3n) is 3.82. The maximum absolute atomic E-state index is 12.5. The summed E-state index contributed by atoms with van der Waals surface area (Å²) in [5.41, 5.74) is 0.635. The van der Waals surface area contributed by atoms with Crippen molar-refractivity contribution in [3.8, 4) is 0 Å². The Labute approximate surface area is 141 Å². The summed E-state index contributed by atoms with van der Waals surface area (Å²) in [5, 5.41) is 3.01. The second-order valence-electron chi connectivity index (χ2n) is 5.44. The molecule has 6 heteroatoms. The first-order valence-corrected chi connectivity index (χ1v) is 8.52. The molecular weight excluding hydrogens is 320 g/mol. The molecular formula is C16H21ClN2O2S. The van der Waals surface area contributed by atoms with Crippen LogP contribution in [-0.4, -0.2) is 41.7 Å². The lowest BCUT2D eigenvalue weighted by Gasteiger charge is -2.32. The van der Waals surface area contributed by atoms with Crippen LogP contribution in [0, 0.1) is 0 Å². The zero-order valence-corrected chi connectivity index (χ0v) is 14.1. The first kappa shape index (κ1) is 17.2. The Balaban J connectivity index is 1.83. The largest absolute Gasteiger partial charge is 0.353 e. The van der Waals surface area contributed by atoms with Crippen molar-refractivity contribution in [3.05, 3.63) is 29.8 Å². The standard InChI is InChI=1S/C16H21ClN2O2S/c17-9-3-6-15(20)18-12-7-10-19(11-8-12)16(21)13-4-1-2-5-14(13)22/h1-2,4-5,12,22H,3,6-11H2,(H,18,20). The Hall–Kier alpha value is -1.20. The van der Waals surface area contributed by atoms with E-state index in [1.54, 1.807) is 6.07 Å². The van der Waals surface area contributed by atoms with Crippen LogP contribution < -0.4 is 5.32 Å². The van der Waals surface area contributed by atoms with Gasteiger partial charge in [-0.2, -0.15) is 0 Å². The number of carbonyl (C=O) groups is 2. The highest BCUT2D eigenvalue weighted by Crippen LogP contribution is 2.18. The van der Waals surface area contributed by atoms with E-state index in [9.17, 15) is 9.59 Å². The second kappa shape index (κ2) is 8.44. The van der Waals surface area contributed by atoms with E-state index in [4.69, 9.17) is 11.6 Å².